The number of nitrogens with one attached hydrogen (secondary N) is 1. The number of hydrogen-bond donors (Lipinski definition) is 2. The number of hydrazone groups is 1. The standard InChI is InChI=1S/C21H26N4O2/c26-20-8-6-18(7-9-20)16-22-23-21(27)10-11-24-12-14-25(15-13-24)17-19-4-2-1-3-5-19/h1-9,16,26H,10-15,17H2,(H,23,27)/b22-16-. The second-order valence-electron chi connectivity index (χ2n) is 6.74. The van der Waals surface area contributed by atoms with Crippen molar-refractivity contribution in [3.8, 4) is 5.75 Å². The maximum absolute atomic E-state index is 11.9. The number of phenols is 1. The van der Waals surface area contributed by atoms with Crippen molar-refractivity contribution in [2.75, 3.05) is 32.7 Å². The molecule has 1 aliphatic rings. The molecule has 0 aliphatic carbocycles. The molecule has 3 rings (SSSR count). The molecule has 6 nitrogen and oxygen atoms in total. The number of nitrogens with zero attached hydrogens (tertiary/aromatic N) is 3. The van der Waals surface area contributed by atoms with E-state index in [4.69, 9.17) is 0 Å². The van der Waals surface area contributed by atoms with Crippen LogP contribution in [0.1, 0.15) is 17.5 Å². The van der Waals surface area contributed by atoms with Crippen molar-refractivity contribution in [1.82, 2.24) is 15.2 Å². The Hall–Kier alpha value is -2.70. The van der Waals surface area contributed by atoms with Crippen LogP contribution in [0.15, 0.2) is 59.7 Å². The van der Waals surface area contributed by atoms with Gasteiger partial charge in [0, 0.05) is 45.7 Å². The van der Waals surface area contributed by atoms with Crippen LogP contribution in [0.2, 0.25) is 0 Å². The first-order chi connectivity index (χ1) is 13.2. The average Bonchev–Trinajstić information content (AvgIpc) is 2.70. The van der Waals surface area contributed by atoms with Gasteiger partial charge in [-0.1, -0.05) is 30.3 Å². The lowest BCUT2D eigenvalue weighted by Crippen LogP contribution is -2.46. The van der Waals surface area contributed by atoms with Crippen molar-refractivity contribution in [2.24, 2.45) is 5.10 Å². The van der Waals surface area contributed by atoms with E-state index in [1.54, 1.807) is 30.5 Å². The Labute approximate surface area is 160 Å². The molecule has 0 radical (unpaired) electrons. The zero-order chi connectivity index (χ0) is 18.9. The summed E-state index contributed by atoms with van der Waals surface area (Å²) in [6.45, 7) is 5.75. The van der Waals surface area contributed by atoms with Gasteiger partial charge in [0.1, 0.15) is 5.75 Å². The van der Waals surface area contributed by atoms with Gasteiger partial charge < -0.3 is 10.0 Å². The SMILES string of the molecule is O=C(CCN1CCN(Cc2ccccc2)CC1)N/N=C\c1ccc(O)cc1. The zero-order valence-electron chi connectivity index (χ0n) is 15.4. The highest BCUT2D eigenvalue weighted by atomic mass is 16.3. The first kappa shape index (κ1) is 19.1. The number of aromatic hydroxyl groups is 1. The molecule has 0 bridgehead atoms. The predicted molar refractivity (Wildman–Crippen MR) is 107 cm³/mol. The number of piperazine rings is 1. The Bertz CT molecular complexity index is 739. The molecule has 0 saturated carbocycles. The molecular weight excluding hydrogens is 340 g/mol. The lowest BCUT2D eigenvalue weighted by Gasteiger charge is -2.34. The fourth-order valence-electron chi connectivity index (χ4n) is 3.07. The Morgan fingerprint density at radius 2 is 1.67 bits per heavy atom. The van der Waals surface area contributed by atoms with Gasteiger partial charge in [-0.2, -0.15) is 5.10 Å². The number of amides is 1. The highest BCUT2D eigenvalue weighted by molar-refractivity contribution is 5.82. The van der Waals surface area contributed by atoms with Crippen LogP contribution >= 0.6 is 0 Å². The Kier molecular flexibility index (Phi) is 6.96. The second kappa shape index (κ2) is 9.85. The molecule has 0 aromatic heterocycles. The first-order valence-corrected chi connectivity index (χ1v) is 9.28. The largest absolute Gasteiger partial charge is 0.508 e. The van der Waals surface area contributed by atoms with Crippen molar-refractivity contribution in [3.63, 3.8) is 0 Å². The molecule has 1 aliphatic heterocycles. The average molecular weight is 366 g/mol. The van der Waals surface area contributed by atoms with Crippen LogP contribution < -0.4 is 5.43 Å². The molecule has 1 amide bonds. The Morgan fingerprint density at radius 1 is 1.00 bits per heavy atom. The zero-order valence-corrected chi connectivity index (χ0v) is 15.4. The van der Waals surface area contributed by atoms with E-state index in [1.165, 1.54) is 5.56 Å². The summed E-state index contributed by atoms with van der Waals surface area (Å²) < 4.78 is 0. The predicted octanol–water partition coefficient (Wildman–Crippen LogP) is 2.05. The second-order valence-corrected chi connectivity index (χ2v) is 6.74. The summed E-state index contributed by atoms with van der Waals surface area (Å²) in [5.74, 6) is 0.122. The molecule has 6 heteroatoms. The van der Waals surface area contributed by atoms with Crippen LogP contribution in [0.3, 0.4) is 0 Å². The van der Waals surface area contributed by atoms with Crippen molar-refractivity contribution in [3.05, 3.63) is 65.7 Å². The van der Waals surface area contributed by atoms with E-state index in [-0.39, 0.29) is 11.7 Å². The lowest BCUT2D eigenvalue weighted by molar-refractivity contribution is -0.121. The van der Waals surface area contributed by atoms with Gasteiger partial charge in [-0.25, -0.2) is 5.43 Å². The van der Waals surface area contributed by atoms with E-state index < -0.39 is 0 Å². The molecule has 1 saturated heterocycles. The summed E-state index contributed by atoms with van der Waals surface area (Å²) in [6.07, 6.45) is 2.01. The van der Waals surface area contributed by atoms with Crippen molar-refractivity contribution in [2.45, 2.75) is 13.0 Å². The van der Waals surface area contributed by atoms with Gasteiger partial charge in [0.2, 0.25) is 5.91 Å². The highest BCUT2D eigenvalue weighted by Crippen LogP contribution is 2.09. The molecule has 27 heavy (non-hydrogen) atoms. The van der Waals surface area contributed by atoms with Gasteiger partial charge in [-0.05, 0) is 35.4 Å². The van der Waals surface area contributed by atoms with Gasteiger partial charge in [0.15, 0.2) is 0 Å². The van der Waals surface area contributed by atoms with Crippen molar-refractivity contribution in [1.29, 1.82) is 0 Å². The fraction of sp³-hybridized carbons (Fsp3) is 0.333. The number of phenolic OH excluding ortho intramolecular Hbond substituents is 1. The van der Waals surface area contributed by atoms with Crippen LogP contribution in [0.25, 0.3) is 0 Å². The lowest BCUT2D eigenvalue weighted by atomic mass is 10.2. The molecule has 2 N–H and O–H groups in total. The maximum atomic E-state index is 11.9. The van der Waals surface area contributed by atoms with Gasteiger partial charge in [-0.3, -0.25) is 9.69 Å². The molecule has 2 aromatic carbocycles. The molecule has 0 atom stereocenters. The Balaban J connectivity index is 1.32. The third-order valence-electron chi connectivity index (χ3n) is 4.66. The van der Waals surface area contributed by atoms with Crippen LogP contribution in [-0.4, -0.2) is 59.8 Å². The summed E-state index contributed by atoms with van der Waals surface area (Å²) in [5, 5.41) is 13.2. The van der Waals surface area contributed by atoms with E-state index in [0.717, 1.165) is 44.8 Å². The van der Waals surface area contributed by atoms with E-state index in [2.05, 4.69) is 44.6 Å². The fourth-order valence-corrected chi connectivity index (χ4v) is 3.07. The van der Waals surface area contributed by atoms with Crippen molar-refractivity contribution >= 4 is 12.1 Å². The summed E-state index contributed by atoms with van der Waals surface area (Å²) in [4.78, 5) is 16.7. The first-order valence-electron chi connectivity index (χ1n) is 9.28. The van der Waals surface area contributed by atoms with E-state index in [0.29, 0.717) is 6.42 Å². The van der Waals surface area contributed by atoms with Crippen LogP contribution in [0.5, 0.6) is 5.75 Å². The number of hydrogen-bond acceptors (Lipinski definition) is 5. The van der Waals surface area contributed by atoms with Crippen LogP contribution in [0.4, 0.5) is 0 Å². The van der Waals surface area contributed by atoms with Gasteiger partial charge in [0.25, 0.3) is 0 Å². The molecule has 2 aromatic rings. The topological polar surface area (TPSA) is 68.2 Å². The number of carbonyl (C=O) groups is 1. The van der Waals surface area contributed by atoms with Gasteiger partial charge in [0.05, 0.1) is 6.21 Å². The summed E-state index contributed by atoms with van der Waals surface area (Å²) in [7, 11) is 0. The summed E-state index contributed by atoms with van der Waals surface area (Å²) >= 11 is 0. The molecule has 142 valence electrons. The van der Waals surface area contributed by atoms with Gasteiger partial charge in [-0.15, -0.1) is 0 Å². The Morgan fingerprint density at radius 3 is 2.37 bits per heavy atom. The molecule has 1 heterocycles. The van der Waals surface area contributed by atoms with Gasteiger partial charge >= 0.3 is 0 Å². The normalized spacial score (nSPS) is 15.9. The minimum Gasteiger partial charge on any atom is -0.508 e. The molecule has 0 unspecified atom stereocenters. The maximum Gasteiger partial charge on any atom is 0.241 e. The highest BCUT2D eigenvalue weighted by Gasteiger charge is 2.17. The quantitative estimate of drug-likeness (QED) is 0.581. The minimum absolute atomic E-state index is 0.0863. The molecule has 0 spiro atoms. The van der Waals surface area contributed by atoms with Crippen LogP contribution in [0, 0.1) is 0 Å². The molecule has 1 fully saturated rings. The third-order valence-corrected chi connectivity index (χ3v) is 4.66. The summed E-state index contributed by atoms with van der Waals surface area (Å²) in [6, 6.07) is 17.2. The van der Waals surface area contributed by atoms with Crippen molar-refractivity contribution < 1.29 is 9.90 Å². The minimum atomic E-state index is -0.0863. The number of carbonyl (C=O) groups excluding carboxylic acids is 1. The van der Waals surface area contributed by atoms with E-state index >= 15 is 0 Å². The van der Waals surface area contributed by atoms with Crippen LogP contribution in [-0.2, 0) is 11.3 Å². The summed E-state index contributed by atoms with van der Waals surface area (Å²) in [5.41, 5.74) is 4.72. The number of benzene rings is 2. The van der Waals surface area contributed by atoms with E-state index in [1.807, 2.05) is 6.07 Å². The molecular formula is C21H26N4O2. The monoisotopic (exact) mass is 366 g/mol. The number of rotatable bonds is 7. The smallest absolute Gasteiger partial charge is 0.241 e. The third kappa shape index (κ3) is 6.51. The van der Waals surface area contributed by atoms with E-state index in [9.17, 15) is 9.90 Å².